The number of nitrogens with zero attached hydrogens (tertiary/aromatic N) is 1. The summed E-state index contributed by atoms with van der Waals surface area (Å²) in [5.74, 6) is 0.749. The maximum absolute atomic E-state index is 3.20. The Morgan fingerprint density at radius 3 is 2.36 bits per heavy atom. The molecule has 0 atom stereocenters. The zero-order valence-corrected chi connectivity index (χ0v) is 8.35. The van der Waals surface area contributed by atoms with Gasteiger partial charge in [-0.05, 0) is 19.4 Å². The van der Waals surface area contributed by atoms with Gasteiger partial charge in [0.15, 0.2) is 0 Å². The Labute approximate surface area is 70.9 Å². The smallest absolute Gasteiger partial charge is 0.0153 e. The van der Waals surface area contributed by atoms with Crippen molar-refractivity contribution < 1.29 is 0 Å². The summed E-state index contributed by atoms with van der Waals surface area (Å²) in [4.78, 5) is 0. The fourth-order valence-electron chi connectivity index (χ4n) is 1.08. The molecule has 0 unspecified atom stereocenters. The molecule has 0 aromatic carbocycles. The summed E-state index contributed by atoms with van der Waals surface area (Å²) in [5, 5.41) is 2.29. The molecule has 0 heterocycles. The quantitative estimate of drug-likeness (QED) is 0.594. The third-order valence-corrected chi connectivity index (χ3v) is 1.68. The van der Waals surface area contributed by atoms with Gasteiger partial charge in [-0.3, -0.25) is 5.43 Å². The van der Waals surface area contributed by atoms with Crippen LogP contribution in [0.2, 0.25) is 0 Å². The lowest BCUT2D eigenvalue weighted by Gasteiger charge is -2.22. The Balaban J connectivity index is 3.41. The molecular formula is C9H22N2. The van der Waals surface area contributed by atoms with Gasteiger partial charge in [0.1, 0.15) is 0 Å². The summed E-state index contributed by atoms with van der Waals surface area (Å²) in [6, 6.07) is 0. The van der Waals surface area contributed by atoms with Gasteiger partial charge in [0.2, 0.25) is 0 Å². The van der Waals surface area contributed by atoms with E-state index in [0.717, 1.165) is 12.5 Å². The van der Waals surface area contributed by atoms with Crippen LogP contribution in [-0.4, -0.2) is 25.1 Å². The molecule has 1 N–H and O–H groups in total. The lowest BCUT2D eigenvalue weighted by atomic mass is 10.2. The second-order valence-electron chi connectivity index (χ2n) is 3.42. The number of rotatable bonds is 6. The van der Waals surface area contributed by atoms with Gasteiger partial charge < -0.3 is 0 Å². The lowest BCUT2D eigenvalue weighted by Crippen LogP contribution is -2.38. The molecule has 0 aliphatic heterocycles. The normalized spacial score (nSPS) is 11.5. The van der Waals surface area contributed by atoms with E-state index in [1.165, 1.54) is 19.4 Å². The van der Waals surface area contributed by atoms with Gasteiger partial charge >= 0.3 is 0 Å². The molecule has 0 saturated heterocycles. The summed E-state index contributed by atoms with van der Waals surface area (Å²) in [7, 11) is 2.00. The Morgan fingerprint density at radius 1 is 1.36 bits per heavy atom. The maximum atomic E-state index is 3.20. The number of unbranched alkanes of at least 4 members (excludes halogenated alkanes) is 1. The minimum absolute atomic E-state index is 0.749. The average Bonchev–Trinajstić information content (AvgIpc) is 1.97. The topological polar surface area (TPSA) is 15.3 Å². The molecule has 0 aromatic rings. The van der Waals surface area contributed by atoms with Crippen LogP contribution in [-0.2, 0) is 0 Å². The molecule has 0 aliphatic carbocycles. The summed E-state index contributed by atoms with van der Waals surface area (Å²) >= 11 is 0. The first-order chi connectivity index (χ1) is 5.20. The highest BCUT2D eigenvalue weighted by molar-refractivity contribution is 4.53. The molecule has 0 rings (SSSR count). The molecule has 0 radical (unpaired) electrons. The zero-order valence-electron chi connectivity index (χ0n) is 8.35. The van der Waals surface area contributed by atoms with Crippen LogP contribution in [0.5, 0.6) is 0 Å². The molecule has 0 aromatic heterocycles. The van der Waals surface area contributed by atoms with Gasteiger partial charge in [0.05, 0.1) is 0 Å². The molecule has 68 valence electrons. The molecule has 0 fully saturated rings. The molecule has 2 nitrogen and oxygen atoms in total. The van der Waals surface area contributed by atoms with Gasteiger partial charge in [0, 0.05) is 13.1 Å². The van der Waals surface area contributed by atoms with Crippen LogP contribution in [0.15, 0.2) is 0 Å². The van der Waals surface area contributed by atoms with E-state index in [2.05, 4.69) is 31.2 Å². The summed E-state index contributed by atoms with van der Waals surface area (Å²) in [6.45, 7) is 9.04. The van der Waals surface area contributed by atoms with Crippen molar-refractivity contribution in [3.8, 4) is 0 Å². The second kappa shape index (κ2) is 6.62. The van der Waals surface area contributed by atoms with Gasteiger partial charge in [0.25, 0.3) is 0 Å². The van der Waals surface area contributed by atoms with Crippen LogP contribution in [0.3, 0.4) is 0 Å². The summed E-state index contributed by atoms with van der Waals surface area (Å²) < 4.78 is 0. The van der Waals surface area contributed by atoms with Crippen molar-refractivity contribution in [1.82, 2.24) is 10.4 Å². The van der Waals surface area contributed by atoms with Crippen molar-refractivity contribution in [3.05, 3.63) is 0 Å². The maximum Gasteiger partial charge on any atom is 0.0153 e. The van der Waals surface area contributed by atoms with Crippen LogP contribution in [0.4, 0.5) is 0 Å². The summed E-state index contributed by atoms with van der Waals surface area (Å²) in [6.07, 6.45) is 2.56. The van der Waals surface area contributed by atoms with Gasteiger partial charge in [-0.25, -0.2) is 5.01 Å². The highest BCUT2D eigenvalue weighted by Gasteiger charge is 2.02. The van der Waals surface area contributed by atoms with E-state index in [9.17, 15) is 0 Å². The Morgan fingerprint density at radius 2 is 2.00 bits per heavy atom. The van der Waals surface area contributed by atoms with Crippen molar-refractivity contribution in [2.24, 2.45) is 5.92 Å². The SMILES string of the molecule is CCCCN(CC(C)C)NC. The highest BCUT2D eigenvalue weighted by atomic mass is 15.5. The van der Waals surface area contributed by atoms with Crippen molar-refractivity contribution in [2.45, 2.75) is 33.6 Å². The van der Waals surface area contributed by atoms with Crippen LogP contribution in [0, 0.1) is 5.92 Å². The van der Waals surface area contributed by atoms with Gasteiger partial charge in [-0.15, -0.1) is 0 Å². The Kier molecular flexibility index (Phi) is 6.57. The fourth-order valence-corrected chi connectivity index (χ4v) is 1.08. The van der Waals surface area contributed by atoms with Crippen LogP contribution in [0.25, 0.3) is 0 Å². The molecule has 0 bridgehead atoms. The first kappa shape index (κ1) is 10.9. The number of hydrogen-bond acceptors (Lipinski definition) is 2. The van der Waals surface area contributed by atoms with Crippen molar-refractivity contribution >= 4 is 0 Å². The zero-order chi connectivity index (χ0) is 8.69. The molecule has 0 amide bonds. The van der Waals surface area contributed by atoms with Crippen molar-refractivity contribution in [3.63, 3.8) is 0 Å². The van der Waals surface area contributed by atoms with Crippen molar-refractivity contribution in [2.75, 3.05) is 20.1 Å². The lowest BCUT2D eigenvalue weighted by molar-refractivity contribution is 0.181. The Hall–Kier alpha value is -0.0800. The van der Waals surface area contributed by atoms with E-state index >= 15 is 0 Å². The average molecular weight is 158 g/mol. The van der Waals surface area contributed by atoms with E-state index in [0.29, 0.717) is 0 Å². The predicted octanol–water partition coefficient (Wildman–Crippen LogP) is 1.88. The minimum Gasteiger partial charge on any atom is -0.258 e. The monoisotopic (exact) mass is 158 g/mol. The molecule has 0 spiro atoms. The first-order valence-corrected chi connectivity index (χ1v) is 4.63. The minimum atomic E-state index is 0.749. The third kappa shape index (κ3) is 6.32. The van der Waals surface area contributed by atoms with E-state index in [4.69, 9.17) is 0 Å². The number of nitrogens with one attached hydrogen (secondary N) is 1. The van der Waals surface area contributed by atoms with Crippen LogP contribution >= 0.6 is 0 Å². The van der Waals surface area contributed by atoms with E-state index in [1.807, 2.05) is 7.05 Å². The van der Waals surface area contributed by atoms with Crippen LogP contribution in [0.1, 0.15) is 33.6 Å². The second-order valence-corrected chi connectivity index (χ2v) is 3.42. The fraction of sp³-hybridized carbons (Fsp3) is 1.00. The number of hydrazine groups is 1. The molecule has 2 heteroatoms. The number of hydrogen-bond donors (Lipinski definition) is 1. The van der Waals surface area contributed by atoms with Crippen LogP contribution < -0.4 is 5.43 Å². The van der Waals surface area contributed by atoms with Crippen molar-refractivity contribution in [1.29, 1.82) is 0 Å². The van der Waals surface area contributed by atoms with E-state index in [-0.39, 0.29) is 0 Å². The molecule has 0 saturated carbocycles. The van der Waals surface area contributed by atoms with E-state index < -0.39 is 0 Å². The Bertz CT molecular complexity index is 81.6. The van der Waals surface area contributed by atoms with Gasteiger partial charge in [-0.1, -0.05) is 27.2 Å². The molecular weight excluding hydrogens is 136 g/mol. The molecule has 11 heavy (non-hydrogen) atoms. The first-order valence-electron chi connectivity index (χ1n) is 4.63. The third-order valence-electron chi connectivity index (χ3n) is 1.68. The molecule has 0 aliphatic rings. The predicted molar refractivity (Wildman–Crippen MR) is 50.4 cm³/mol. The highest BCUT2D eigenvalue weighted by Crippen LogP contribution is 1.97. The largest absolute Gasteiger partial charge is 0.258 e. The summed E-state index contributed by atoms with van der Waals surface area (Å²) in [5.41, 5.74) is 3.20. The standard InChI is InChI=1S/C9H22N2/c1-5-6-7-11(10-4)8-9(2)3/h9-10H,5-8H2,1-4H3. The van der Waals surface area contributed by atoms with E-state index in [1.54, 1.807) is 0 Å². The van der Waals surface area contributed by atoms with Gasteiger partial charge in [-0.2, -0.15) is 0 Å².